The summed E-state index contributed by atoms with van der Waals surface area (Å²) in [5, 5.41) is 4.03. The molecule has 0 atom stereocenters. The molecule has 118 valence electrons. The van der Waals surface area contributed by atoms with E-state index in [2.05, 4.69) is 28.1 Å². The Labute approximate surface area is 134 Å². The first kappa shape index (κ1) is 15.3. The van der Waals surface area contributed by atoms with Gasteiger partial charge in [-0.05, 0) is 41.8 Å². The maximum atomic E-state index is 13.1. The molecule has 0 aliphatic heterocycles. The Morgan fingerprint density at radius 1 is 1.17 bits per heavy atom. The zero-order chi connectivity index (χ0) is 16.2. The van der Waals surface area contributed by atoms with E-state index in [0.29, 0.717) is 19.4 Å². The SMILES string of the molecule is Cn1ccc2c(CCC(=O)NCc3cccc(F)c3)cccc21. The first-order chi connectivity index (χ1) is 11.1. The quantitative estimate of drug-likeness (QED) is 0.768. The smallest absolute Gasteiger partial charge is 0.220 e. The summed E-state index contributed by atoms with van der Waals surface area (Å²) in [7, 11) is 2.01. The van der Waals surface area contributed by atoms with Crippen molar-refractivity contribution in [2.45, 2.75) is 19.4 Å². The summed E-state index contributed by atoms with van der Waals surface area (Å²) in [5.41, 5.74) is 3.11. The molecule has 1 aromatic heterocycles. The first-order valence-corrected chi connectivity index (χ1v) is 7.67. The van der Waals surface area contributed by atoms with E-state index in [4.69, 9.17) is 0 Å². The van der Waals surface area contributed by atoms with Crippen LogP contribution >= 0.6 is 0 Å². The van der Waals surface area contributed by atoms with Crippen molar-refractivity contribution in [1.29, 1.82) is 0 Å². The van der Waals surface area contributed by atoms with E-state index in [9.17, 15) is 9.18 Å². The molecule has 3 rings (SSSR count). The maximum absolute atomic E-state index is 13.1. The van der Waals surface area contributed by atoms with Crippen LogP contribution in [0.3, 0.4) is 0 Å². The third-order valence-corrected chi connectivity index (χ3v) is 4.02. The number of aryl methyl sites for hydroxylation is 2. The lowest BCUT2D eigenvalue weighted by molar-refractivity contribution is -0.121. The predicted molar refractivity (Wildman–Crippen MR) is 89.5 cm³/mol. The molecule has 0 unspecified atom stereocenters. The fourth-order valence-corrected chi connectivity index (χ4v) is 2.77. The van der Waals surface area contributed by atoms with E-state index in [1.165, 1.54) is 28.6 Å². The number of benzene rings is 2. The number of fused-ring (bicyclic) bond motifs is 1. The number of nitrogens with zero attached hydrogens (tertiary/aromatic N) is 1. The Bertz CT molecular complexity index is 838. The van der Waals surface area contributed by atoms with Gasteiger partial charge in [0.15, 0.2) is 0 Å². The van der Waals surface area contributed by atoms with Crippen LogP contribution < -0.4 is 5.32 Å². The van der Waals surface area contributed by atoms with Crippen LogP contribution in [0.2, 0.25) is 0 Å². The minimum absolute atomic E-state index is 0.0257. The van der Waals surface area contributed by atoms with E-state index >= 15 is 0 Å². The third-order valence-electron chi connectivity index (χ3n) is 4.02. The Balaban J connectivity index is 1.58. The monoisotopic (exact) mass is 310 g/mol. The topological polar surface area (TPSA) is 34.0 Å². The normalized spacial score (nSPS) is 10.9. The molecule has 0 fully saturated rings. The van der Waals surface area contributed by atoms with Crippen LogP contribution in [0, 0.1) is 5.82 Å². The molecule has 0 spiro atoms. The first-order valence-electron chi connectivity index (χ1n) is 7.67. The summed E-state index contributed by atoms with van der Waals surface area (Å²) in [4.78, 5) is 12.0. The van der Waals surface area contributed by atoms with Crippen molar-refractivity contribution in [1.82, 2.24) is 9.88 Å². The van der Waals surface area contributed by atoms with Crippen molar-refractivity contribution >= 4 is 16.8 Å². The van der Waals surface area contributed by atoms with E-state index in [1.54, 1.807) is 12.1 Å². The Morgan fingerprint density at radius 2 is 2.00 bits per heavy atom. The molecule has 0 aliphatic carbocycles. The summed E-state index contributed by atoms with van der Waals surface area (Å²) in [6, 6.07) is 14.5. The molecule has 1 amide bonds. The van der Waals surface area contributed by atoms with Gasteiger partial charge in [-0.1, -0.05) is 24.3 Å². The number of hydrogen-bond acceptors (Lipinski definition) is 1. The van der Waals surface area contributed by atoms with Gasteiger partial charge in [0.05, 0.1) is 0 Å². The van der Waals surface area contributed by atoms with E-state index in [0.717, 1.165) is 5.56 Å². The third kappa shape index (κ3) is 3.59. The average molecular weight is 310 g/mol. The average Bonchev–Trinajstić information content (AvgIpc) is 2.93. The molecule has 0 aliphatic rings. The maximum Gasteiger partial charge on any atom is 0.220 e. The second kappa shape index (κ2) is 6.65. The molecule has 0 bridgehead atoms. The van der Waals surface area contributed by atoms with Gasteiger partial charge in [-0.2, -0.15) is 0 Å². The Morgan fingerprint density at radius 3 is 2.83 bits per heavy atom. The van der Waals surface area contributed by atoms with Gasteiger partial charge in [-0.15, -0.1) is 0 Å². The number of carbonyl (C=O) groups is 1. The number of hydrogen-bond donors (Lipinski definition) is 1. The van der Waals surface area contributed by atoms with Gasteiger partial charge in [-0.25, -0.2) is 4.39 Å². The molecule has 0 radical (unpaired) electrons. The second-order valence-electron chi connectivity index (χ2n) is 5.68. The molecule has 3 aromatic rings. The minimum Gasteiger partial charge on any atom is -0.352 e. The summed E-state index contributed by atoms with van der Waals surface area (Å²) >= 11 is 0. The molecular weight excluding hydrogens is 291 g/mol. The van der Waals surface area contributed by atoms with Crippen LogP contribution in [0.4, 0.5) is 4.39 Å². The number of amides is 1. The van der Waals surface area contributed by atoms with Crippen LogP contribution in [0.15, 0.2) is 54.7 Å². The second-order valence-corrected chi connectivity index (χ2v) is 5.68. The fraction of sp³-hybridized carbons (Fsp3) is 0.211. The lowest BCUT2D eigenvalue weighted by atomic mass is 10.0. The fourth-order valence-electron chi connectivity index (χ4n) is 2.77. The van der Waals surface area contributed by atoms with Gasteiger partial charge in [-0.3, -0.25) is 4.79 Å². The summed E-state index contributed by atoms with van der Waals surface area (Å²) in [6.45, 7) is 0.353. The van der Waals surface area contributed by atoms with Crippen molar-refractivity contribution < 1.29 is 9.18 Å². The Kier molecular flexibility index (Phi) is 4.42. The molecule has 0 saturated carbocycles. The van der Waals surface area contributed by atoms with Crippen molar-refractivity contribution in [3.05, 3.63) is 71.7 Å². The van der Waals surface area contributed by atoms with E-state index < -0.39 is 0 Å². The van der Waals surface area contributed by atoms with Crippen LogP contribution in [-0.2, 0) is 24.8 Å². The van der Waals surface area contributed by atoms with Gasteiger partial charge < -0.3 is 9.88 Å². The highest BCUT2D eigenvalue weighted by molar-refractivity contribution is 5.84. The highest BCUT2D eigenvalue weighted by Gasteiger charge is 2.07. The van der Waals surface area contributed by atoms with Gasteiger partial charge in [0.2, 0.25) is 5.91 Å². The lowest BCUT2D eigenvalue weighted by Crippen LogP contribution is -2.23. The Hall–Kier alpha value is -2.62. The summed E-state index contributed by atoms with van der Waals surface area (Å²) < 4.78 is 15.2. The predicted octanol–water partition coefficient (Wildman–Crippen LogP) is 3.57. The zero-order valence-electron chi connectivity index (χ0n) is 13.1. The lowest BCUT2D eigenvalue weighted by Gasteiger charge is -2.07. The van der Waals surface area contributed by atoms with Crippen molar-refractivity contribution in [2.75, 3.05) is 0 Å². The van der Waals surface area contributed by atoms with Crippen molar-refractivity contribution in [3.63, 3.8) is 0 Å². The molecular formula is C19H19FN2O. The molecule has 4 heteroatoms. The molecule has 2 aromatic carbocycles. The number of halogens is 1. The largest absolute Gasteiger partial charge is 0.352 e. The van der Waals surface area contributed by atoms with Crippen LogP contribution in [0.5, 0.6) is 0 Å². The van der Waals surface area contributed by atoms with Gasteiger partial charge in [0.25, 0.3) is 0 Å². The summed E-state index contributed by atoms with van der Waals surface area (Å²) in [5.74, 6) is -0.310. The highest BCUT2D eigenvalue weighted by atomic mass is 19.1. The number of nitrogens with one attached hydrogen (secondary N) is 1. The molecule has 3 nitrogen and oxygen atoms in total. The number of carbonyl (C=O) groups excluding carboxylic acids is 1. The van der Waals surface area contributed by atoms with Gasteiger partial charge >= 0.3 is 0 Å². The standard InChI is InChI=1S/C19H19FN2O/c1-22-11-10-17-15(5-3-7-18(17)22)8-9-19(23)21-13-14-4-2-6-16(20)12-14/h2-7,10-12H,8-9,13H2,1H3,(H,21,23). The highest BCUT2D eigenvalue weighted by Crippen LogP contribution is 2.20. The van der Waals surface area contributed by atoms with E-state index in [-0.39, 0.29) is 11.7 Å². The van der Waals surface area contributed by atoms with Crippen LogP contribution in [0.1, 0.15) is 17.5 Å². The van der Waals surface area contributed by atoms with Gasteiger partial charge in [0, 0.05) is 37.1 Å². The molecule has 23 heavy (non-hydrogen) atoms. The van der Waals surface area contributed by atoms with E-state index in [1.807, 2.05) is 19.3 Å². The van der Waals surface area contributed by atoms with Crippen LogP contribution in [-0.4, -0.2) is 10.5 Å². The molecule has 0 saturated heterocycles. The molecule has 1 N–H and O–H groups in total. The number of aromatic nitrogens is 1. The summed E-state index contributed by atoms with van der Waals surface area (Å²) in [6.07, 6.45) is 3.14. The van der Waals surface area contributed by atoms with Crippen molar-refractivity contribution in [3.8, 4) is 0 Å². The van der Waals surface area contributed by atoms with Crippen molar-refractivity contribution in [2.24, 2.45) is 7.05 Å². The number of rotatable bonds is 5. The zero-order valence-corrected chi connectivity index (χ0v) is 13.1. The van der Waals surface area contributed by atoms with Crippen LogP contribution in [0.25, 0.3) is 10.9 Å². The van der Waals surface area contributed by atoms with Gasteiger partial charge in [0.1, 0.15) is 5.82 Å². The molecule has 1 heterocycles. The minimum atomic E-state index is -0.285.